The Hall–Kier alpha value is -1.46. The van der Waals surface area contributed by atoms with Gasteiger partial charge in [0, 0.05) is 52.4 Å². The number of carbonyl (C=O) groups excluding carboxylic acids is 1. The summed E-state index contributed by atoms with van der Waals surface area (Å²) in [6.45, 7) is 15.6. The molecule has 0 aromatic heterocycles. The van der Waals surface area contributed by atoms with Crippen molar-refractivity contribution in [2.24, 2.45) is 5.92 Å². The summed E-state index contributed by atoms with van der Waals surface area (Å²) in [4.78, 5) is 29.3. The zero-order chi connectivity index (χ0) is 24.1. The Bertz CT molecular complexity index is 569. The van der Waals surface area contributed by atoms with Crippen molar-refractivity contribution < 1.29 is 33.6 Å². The minimum atomic E-state index is -0.972. The predicted molar refractivity (Wildman–Crippen MR) is 124 cm³/mol. The molecular weight excluding hydrogens is 430 g/mol. The third-order valence-corrected chi connectivity index (χ3v) is 5.77. The van der Waals surface area contributed by atoms with E-state index in [1.807, 2.05) is 25.7 Å². The fourth-order valence-corrected chi connectivity index (χ4v) is 3.98. The Balaban J connectivity index is 1.45. The minimum Gasteiger partial charge on any atom is -0.480 e. The van der Waals surface area contributed by atoms with Gasteiger partial charge in [0.25, 0.3) is 0 Å². The zero-order valence-corrected chi connectivity index (χ0v) is 20.6. The highest BCUT2D eigenvalue weighted by Crippen LogP contribution is 2.21. The number of amides is 1. The number of aliphatic carboxylic acids is 1. The number of ether oxygens (including phenoxy) is 4. The summed E-state index contributed by atoms with van der Waals surface area (Å²) in [5, 5.41) is 8.45. The van der Waals surface area contributed by atoms with Crippen molar-refractivity contribution in [2.45, 2.75) is 39.2 Å². The van der Waals surface area contributed by atoms with Gasteiger partial charge < -0.3 is 33.9 Å². The molecule has 10 heteroatoms. The fraction of sp³-hybridized carbons (Fsp3) is 0.913. The first kappa shape index (κ1) is 27.8. The standard InChI is InChI=1S/C23H43N3O7/c1-23(2,3)33-22(29)26-6-4-20(5-7-26)18-25-10-8-24(9-11-25)12-13-30-14-15-31-16-17-32-19-21(27)28/h20H,4-19H2,1-3H3,(H,27,28). The Morgan fingerprint density at radius 2 is 1.36 bits per heavy atom. The largest absolute Gasteiger partial charge is 0.480 e. The molecule has 0 spiro atoms. The van der Waals surface area contributed by atoms with E-state index in [4.69, 9.17) is 24.1 Å². The number of hydrogen-bond acceptors (Lipinski definition) is 8. The summed E-state index contributed by atoms with van der Waals surface area (Å²) < 4.78 is 21.4. The highest BCUT2D eigenvalue weighted by atomic mass is 16.6. The van der Waals surface area contributed by atoms with Crippen molar-refractivity contribution in [1.82, 2.24) is 14.7 Å². The fourth-order valence-electron chi connectivity index (χ4n) is 3.98. The number of carboxylic acid groups (broad SMARTS) is 1. The van der Waals surface area contributed by atoms with Gasteiger partial charge in [0.05, 0.1) is 33.0 Å². The molecule has 0 atom stereocenters. The maximum absolute atomic E-state index is 12.2. The van der Waals surface area contributed by atoms with Gasteiger partial charge in [-0.2, -0.15) is 0 Å². The second-order valence-electron chi connectivity index (χ2n) is 9.72. The summed E-state index contributed by atoms with van der Waals surface area (Å²) in [5.74, 6) is -0.326. The van der Waals surface area contributed by atoms with Crippen LogP contribution in [0.15, 0.2) is 0 Å². The van der Waals surface area contributed by atoms with Gasteiger partial charge in [-0.1, -0.05) is 0 Å². The minimum absolute atomic E-state index is 0.187. The van der Waals surface area contributed by atoms with Crippen LogP contribution in [0.1, 0.15) is 33.6 Å². The van der Waals surface area contributed by atoms with Gasteiger partial charge >= 0.3 is 12.1 Å². The van der Waals surface area contributed by atoms with Crippen molar-refractivity contribution in [2.75, 3.05) is 92.0 Å². The maximum atomic E-state index is 12.2. The second-order valence-corrected chi connectivity index (χ2v) is 9.72. The van der Waals surface area contributed by atoms with Crippen molar-refractivity contribution >= 4 is 12.1 Å². The summed E-state index contributed by atoms with van der Waals surface area (Å²) in [6, 6.07) is 0. The van der Waals surface area contributed by atoms with E-state index in [-0.39, 0.29) is 19.3 Å². The van der Waals surface area contributed by atoms with Crippen LogP contribution in [0.3, 0.4) is 0 Å². The predicted octanol–water partition coefficient (Wildman–Crippen LogP) is 1.39. The van der Waals surface area contributed by atoms with Gasteiger partial charge in [0.15, 0.2) is 0 Å². The molecule has 2 rings (SSSR count). The molecule has 0 aromatic carbocycles. The lowest BCUT2D eigenvalue weighted by molar-refractivity contribution is -0.142. The van der Waals surface area contributed by atoms with Crippen LogP contribution in [-0.2, 0) is 23.7 Å². The van der Waals surface area contributed by atoms with Crippen LogP contribution in [0.4, 0.5) is 4.79 Å². The van der Waals surface area contributed by atoms with Crippen LogP contribution >= 0.6 is 0 Å². The van der Waals surface area contributed by atoms with E-state index in [9.17, 15) is 9.59 Å². The lowest BCUT2D eigenvalue weighted by Crippen LogP contribution is -2.50. The van der Waals surface area contributed by atoms with Crippen LogP contribution in [0.5, 0.6) is 0 Å². The zero-order valence-electron chi connectivity index (χ0n) is 20.6. The molecule has 0 aliphatic carbocycles. The van der Waals surface area contributed by atoms with E-state index in [1.165, 1.54) is 0 Å². The van der Waals surface area contributed by atoms with E-state index in [0.29, 0.717) is 32.3 Å². The summed E-state index contributed by atoms with van der Waals surface area (Å²) in [5.41, 5.74) is -0.438. The Labute approximate surface area is 198 Å². The first-order valence-corrected chi connectivity index (χ1v) is 12.1. The van der Waals surface area contributed by atoms with Crippen LogP contribution in [0.25, 0.3) is 0 Å². The van der Waals surface area contributed by atoms with Crippen LogP contribution in [0.2, 0.25) is 0 Å². The highest BCUT2D eigenvalue weighted by Gasteiger charge is 2.28. The van der Waals surface area contributed by atoms with Gasteiger partial charge in [-0.3, -0.25) is 4.90 Å². The quantitative estimate of drug-likeness (QED) is 0.398. The molecule has 1 amide bonds. The van der Waals surface area contributed by atoms with Gasteiger partial charge in [-0.15, -0.1) is 0 Å². The highest BCUT2D eigenvalue weighted by molar-refractivity contribution is 5.68. The summed E-state index contributed by atoms with van der Waals surface area (Å²) in [6.07, 6.45) is 1.90. The molecule has 0 aromatic rings. The molecule has 2 saturated heterocycles. The Morgan fingerprint density at radius 3 is 1.94 bits per heavy atom. The number of piperazine rings is 1. The number of rotatable bonds is 13. The maximum Gasteiger partial charge on any atom is 0.410 e. The monoisotopic (exact) mass is 473 g/mol. The molecule has 2 heterocycles. The summed E-state index contributed by atoms with van der Waals surface area (Å²) in [7, 11) is 0. The van der Waals surface area contributed by atoms with Crippen molar-refractivity contribution in [3.05, 3.63) is 0 Å². The molecule has 192 valence electrons. The molecule has 33 heavy (non-hydrogen) atoms. The number of hydrogen-bond donors (Lipinski definition) is 1. The molecule has 0 bridgehead atoms. The number of nitrogens with zero attached hydrogens (tertiary/aromatic N) is 3. The first-order chi connectivity index (χ1) is 15.7. The van der Waals surface area contributed by atoms with Gasteiger partial charge in [-0.25, -0.2) is 9.59 Å². The van der Waals surface area contributed by atoms with E-state index in [1.54, 1.807) is 0 Å². The molecule has 0 radical (unpaired) electrons. The molecule has 10 nitrogen and oxygen atoms in total. The normalized spacial score (nSPS) is 19.1. The lowest BCUT2D eigenvalue weighted by atomic mass is 9.96. The second kappa shape index (κ2) is 14.7. The van der Waals surface area contributed by atoms with Crippen molar-refractivity contribution in [1.29, 1.82) is 0 Å². The summed E-state index contributed by atoms with van der Waals surface area (Å²) >= 11 is 0. The van der Waals surface area contributed by atoms with Gasteiger partial charge in [0.2, 0.25) is 0 Å². The third kappa shape index (κ3) is 12.5. The van der Waals surface area contributed by atoms with Gasteiger partial charge in [0.1, 0.15) is 12.2 Å². The lowest BCUT2D eigenvalue weighted by Gasteiger charge is -2.39. The Kier molecular flexibility index (Phi) is 12.4. The van der Waals surface area contributed by atoms with Crippen molar-refractivity contribution in [3.8, 4) is 0 Å². The third-order valence-electron chi connectivity index (χ3n) is 5.77. The molecule has 2 aliphatic heterocycles. The molecule has 0 unspecified atom stereocenters. The SMILES string of the molecule is CC(C)(C)OC(=O)N1CCC(CN2CCN(CCOCCOCCOCC(=O)O)CC2)CC1. The number of carboxylic acids is 1. The number of piperidine rings is 1. The molecule has 2 fully saturated rings. The molecule has 0 saturated carbocycles. The van der Waals surface area contributed by atoms with Crippen LogP contribution in [-0.4, -0.2) is 129 Å². The number of carbonyl (C=O) groups is 2. The topological polar surface area (TPSA) is 101 Å². The van der Waals surface area contributed by atoms with Gasteiger partial charge in [-0.05, 0) is 39.5 Å². The van der Waals surface area contributed by atoms with Crippen molar-refractivity contribution in [3.63, 3.8) is 0 Å². The molecular formula is C23H43N3O7. The van der Waals surface area contributed by atoms with E-state index < -0.39 is 11.6 Å². The smallest absolute Gasteiger partial charge is 0.410 e. The van der Waals surface area contributed by atoms with E-state index in [2.05, 4.69) is 9.80 Å². The van der Waals surface area contributed by atoms with Crippen LogP contribution in [0, 0.1) is 5.92 Å². The van der Waals surface area contributed by atoms with Crippen LogP contribution < -0.4 is 0 Å². The first-order valence-electron chi connectivity index (χ1n) is 12.1. The average molecular weight is 474 g/mol. The number of likely N-dealkylation sites (tertiary alicyclic amines) is 1. The average Bonchev–Trinajstić information content (AvgIpc) is 2.75. The molecule has 2 aliphatic rings. The van der Waals surface area contributed by atoms with E-state index in [0.717, 1.165) is 65.2 Å². The Morgan fingerprint density at radius 1 is 0.818 bits per heavy atom. The molecule has 1 N–H and O–H groups in total. The van der Waals surface area contributed by atoms with E-state index >= 15 is 0 Å².